The van der Waals surface area contributed by atoms with E-state index in [1.54, 1.807) is 6.08 Å². The summed E-state index contributed by atoms with van der Waals surface area (Å²) < 4.78 is 10.5. The summed E-state index contributed by atoms with van der Waals surface area (Å²) in [6.07, 6.45) is 43.4. The summed E-state index contributed by atoms with van der Waals surface area (Å²) in [5.41, 5.74) is 0. The monoisotopic (exact) mass is 675 g/mol. The molecule has 0 saturated heterocycles. The van der Waals surface area contributed by atoms with Crippen LogP contribution < -0.4 is 0 Å². The van der Waals surface area contributed by atoms with Crippen molar-refractivity contribution in [3.05, 3.63) is 48.6 Å². The van der Waals surface area contributed by atoms with Gasteiger partial charge in [0.15, 0.2) is 6.10 Å². The molecular formula is C42H74O6. The molecule has 0 amide bonds. The van der Waals surface area contributed by atoms with Gasteiger partial charge in [0.1, 0.15) is 6.61 Å². The minimum absolute atomic E-state index is 0.156. The number of aliphatic hydroxyl groups is 2. The highest BCUT2D eigenvalue weighted by Gasteiger charge is 2.16. The standard InChI is InChI=1S/C42H74O6/c1-3-5-7-9-11-13-15-17-18-19-21-23-25-27-29-31-35-42(46)48-40(37-43)38-47-41(45)36-32-34-39(44)33-30-28-26-24-22-20-16-14-12-10-8-6-4-2/h12,14,20,22,26,28,30,33,39-40,43-44H,3-11,13,15-19,21,23-25,27,29,31-32,34-38H2,1-2H3/b14-12-,22-20-,28-26-,33-30+/t39-,40+/m1/s1. The molecule has 0 unspecified atom stereocenters. The highest BCUT2D eigenvalue weighted by molar-refractivity contribution is 5.70. The van der Waals surface area contributed by atoms with E-state index in [1.165, 1.54) is 103 Å². The predicted octanol–water partition coefficient (Wildman–Crippen LogP) is 11.2. The van der Waals surface area contributed by atoms with Gasteiger partial charge in [-0.1, -0.05) is 172 Å². The summed E-state index contributed by atoms with van der Waals surface area (Å²) in [6, 6.07) is 0. The van der Waals surface area contributed by atoms with Gasteiger partial charge in [0.05, 0.1) is 12.7 Å². The van der Waals surface area contributed by atoms with E-state index in [0.29, 0.717) is 19.3 Å². The maximum atomic E-state index is 12.2. The molecule has 0 aromatic rings. The van der Waals surface area contributed by atoms with Gasteiger partial charge in [-0.25, -0.2) is 0 Å². The second kappa shape index (κ2) is 37.6. The van der Waals surface area contributed by atoms with Crippen LogP contribution in [0.15, 0.2) is 48.6 Å². The van der Waals surface area contributed by atoms with E-state index in [0.717, 1.165) is 38.5 Å². The Bertz CT molecular complexity index is 830. The first-order chi connectivity index (χ1) is 23.5. The zero-order valence-corrected chi connectivity index (χ0v) is 31.1. The number of allylic oxidation sites excluding steroid dienone is 7. The number of aliphatic hydroxyl groups excluding tert-OH is 2. The molecule has 0 aromatic carbocycles. The van der Waals surface area contributed by atoms with Crippen LogP contribution in [0, 0.1) is 0 Å². The summed E-state index contributed by atoms with van der Waals surface area (Å²) in [7, 11) is 0. The van der Waals surface area contributed by atoms with Crippen molar-refractivity contribution in [2.75, 3.05) is 13.2 Å². The van der Waals surface area contributed by atoms with Crippen LogP contribution in [0.1, 0.15) is 181 Å². The molecule has 0 aliphatic carbocycles. The second-order valence-electron chi connectivity index (χ2n) is 13.2. The second-order valence-corrected chi connectivity index (χ2v) is 13.2. The molecular weight excluding hydrogens is 600 g/mol. The molecule has 48 heavy (non-hydrogen) atoms. The normalized spacial score (nSPS) is 13.3. The van der Waals surface area contributed by atoms with Crippen molar-refractivity contribution in [3.8, 4) is 0 Å². The Labute approximate surface area is 295 Å². The molecule has 0 aromatic heterocycles. The van der Waals surface area contributed by atoms with E-state index in [4.69, 9.17) is 9.47 Å². The van der Waals surface area contributed by atoms with Gasteiger partial charge in [-0.2, -0.15) is 0 Å². The molecule has 0 bridgehead atoms. The third kappa shape index (κ3) is 35.1. The Hall–Kier alpha value is -2.18. The van der Waals surface area contributed by atoms with Crippen LogP contribution in [-0.4, -0.2) is 47.6 Å². The van der Waals surface area contributed by atoms with Crippen LogP contribution in [-0.2, 0) is 19.1 Å². The lowest BCUT2D eigenvalue weighted by Crippen LogP contribution is -2.28. The molecule has 0 heterocycles. The molecule has 0 aliphatic rings. The van der Waals surface area contributed by atoms with E-state index < -0.39 is 18.2 Å². The van der Waals surface area contributed by atoms with Gasteiger partial charge >= 0.3 is 11.9 Å². The van der Waals surface area contributed by atoms with Crippen molar-refractivity contribution >= 4 is 11.9 Å². The lowest BCUT2D eigenvalue weighted by Gasteiger charge is -2.16. The lowest BCUT2D eigenvalue weighted by atomic mass is 10.0. The quantitative estimate of drug-likeness (QED) is 0.0301. The van der Waals surface area contributed by atoms with E-state index in [1.807, 2.05) is 18.2 Å². The molecule has 0 radical (unpaired) electrons. The third-order valence-electron chi connectivity index (χ3n) is 8.48. The predicted molar refractivity (Wildman–Crippen MR) is 202 cm³/mol. The summed E-state index contributed by atoms with van der Waals surface area (Å²) in [4.78, 5) is 24.3. The van der Waals surface area contributed by atoms with Crippen LogP contribution in [0.2, 0.25) is 0 Å². The van der Waals surface area contributed by atoms with Crippen LogP contribution in [0.5, 0.6) is 0 Å². The number of rotatable bonds is 35. The Balaban J connectivity index is 3.74. The summed E-state index contributed by atoms with van der Waals surface area (Å²) in [6.45, 7) is 3.94. The van der Waals surface area contributed by atoms with E-state index in [-0.39, 0.29) is 25.6 Å². The fourth-order valence-electron chi connectivity index (χ4n) is 5.42. The lowest BCUT2D eigenvalue weighted by molar-refractivity contribution is -0.161. The Morgan fingerprint density at radius 3 is 1.67 bits per heavy atom. The van der Waals surface area contributed by atoms with Crippen LogP contribution in [0.25, 0.3) is 0 Å². The fraction of sp³-hybridized carbons (Fsp3) is 0.762. The van der Waals surface area contributed by atoms with E-state index in [9.17, 15) is 19.8 Å². The maximum Gasteiger partial charge on any atom is 0.306 e. The molecule has 0 fully saturated rings. The topological polar surface area (TPSA) is 93.1 Å². The first-order valence-corrected chi connectivity index (χ1v) is 19.8. The Kier molecular flexibility index (Phi) is 35.9. The van der Waals surface area contributed by atoms with Crippen molar-refractivity contribution in [2.24, 2.45) is 0 Å². The van der Waals surface area contributed by atoms with Gasteiger partial charge in [-0.3, -0.25) is 9.59 Å². The minimum atomic E-state index is -0.843. The summed E-state index contributed by atoms with van der Waals surface area (Å²) >= 11 is 0. The SMILES string of the molecule is CCCCC/C=C\C/C=C\C/C=C\C=C\[C@@H](O)CCCC(=O)OC[C@H](CO)OC(=O)CCCCCCCCCCCCCCCCCC. The Morgan fingerprint density at radius 2 is 1.08 bits per heavy atom. The van der Waals surface area contributed by atoms with Gasteiger partial charge in [-0.15, -0.1) is 0 Å². The Morgan fingerprint density at radius 1 is 0.583 bits per heavy atom. The maximum absolute atomic E-state index is 12.2. The van der Waals surface area contributed by atoms with E-state index >= 15 is 0 Å². The number of carbonyl (C=O) groups excluding carboxylic acids is 2. The molecule has 6 heteroatoms. The number of carbonyl (C=O) groups is 2. The molecule has 0 rings (SSSR count). The largest absolute Gasteiger partial charge is 0.462 e. The van der Waals surface area contributed by atoms with E-state index in [2.05, 4.69) is 38.2 Å². The van der Waals surface area contributed by atoms with Crippen molar-refractivity contribution in [1.29, 1.82) is 0 Å². The number of esters is 2. The zero-order chi connectivity index (χ0) is 35.2. The van der Waals surface area contributed by atoms with Gasteiger partial charge < -0.3 is 19.7 Å². The van der Waals surface area contributed by atoms with Crippen LogP contribution in [0.4, 0.5) is 0 Å². The fourth-order valence-corrected chi connectivity index (χ4v) is 5.42. The number of ether oxygens (including phenoxy) is 2. The number of hydrogen-bond donors (Lipinski definition) is 2. The molecule has 2 N–H and O–H groups in total. The molecule has 0 saturated carbocycles. The van der Waals surface area contributed by atoms with Gasteiger partial charge in [-0.05, 0) is 44.9 Å². The van der Waals surface area contributed by atoms with Crippen molar-refractivity contribution in [2.45, 2.75) is 193 Å². The third-order valence-corrected chi connectivity index (χ3v) is 8.48. The molecule has 0 spiro atoms. The minimum Gasteiger partial charge on any atom is -0.462 e. The summed E-state index contributed by atoms with van der Waals surface area (Å²) in [5, 5.41) is 19.7. The average Bonchev–Trinajstić information content (AvgIpc) is 3.08. The van der Waals surface area contributed by atoms with Gasteiger partial charge in [0.2, 0.25) is 0 Å². The molecule has 6 nitrogen and oxygen atoms in total. The van der Waals surface area contributed by atoms with Crippen molar-refractivity contribution in [1.82, 2.24) is 0 Å². The first-order valence-electron chi connectivity index (χ1n) is 19.8. The smallest absolute Gasteiger partial charge is 0.306 e. The van der Waals surface area contributed by atoms with Crippen molar-refractivity contribution in [3.63, 3.8) is 0 Å². The highest BCUT2D eigenvalue weighted by Crippen LogP contribution is 2.14. The van der Waals surface area contributed by atoms with Crippen LogP contribution >= 0.6 is 0 Å². The average molecular weight is 675 g/mol. The van der Waals surface area contributed by atoms with Crippen molar-refractivity contribution < 1.29 is 29.3 Å². The summed E-state index contributed by atoms with van der Waals surface area (Å²) in [5.74, 6) is -0.790. The highest BCUT2D eigenvalue weighted by atomic mass is 16.6. The van der Waals surface area contributed by atoms with Gasteiger partial charge in [0.25, 0.3) is 0 Å². The van der Waals surface area contributed by atoms with Crippen LogP contribution in [0.3, 0.4) is 0 Å². The van der Waals surface area contributed by atoms with Gasteiger partial charge in [0, 0.05) is 12.8 Å². The number of hydrogen-bond acceptors (Lipinski definition) is 6. The zero-order valence-electron chi connectivity index (χ0n) is 31.1. The molecule has 0 aliphatic heterocycles. The number of unbranched alkanes of at least 4 members (excludes halogenated alkanes) is 18. The molecule has 2 atom stereocenters. The first kappa shape index (κ1) is 45.8. The molecule has 278 valence electrons.